The lowest BCUT2D eigenvalue weighted by Crippen LogP contribution is -2.36. The highest BCUT2D eigenvalue weighted by Crippen LogP contribution is 2.23. The van der Waals surface area contributed by atoms with E-state index in [2.05, 4.69) is 5.32 Å². The molecule has 0 radical (unpaired) electrons. The van der Waals surface area contributed by atoms with Crippen LogP contribution in [0.25, 0.3) is 0 Å². The van der Waals surface area contributed by atoms with Crippen LogP contribution in [0.3, 0.4) is 0 Å². The second-order valence-corrected chi connectivity index (χ2v) is 6.88. The minimum atomic E-state index is -1.24. The number of rotatable bonds is 7. The zero-order chi connectivity index (χ0) is 20.2. The van der Waals surface area contributed by atoms with E-state index in [1.165, 1.54) is 0 Å². The first-order chi connectivity index (χ1) is 12.9. The molecule has 1 aromatic rings. The van der Waals surface area contributed by atoms with E-state index in [0.717, 1.165) is 31.4 Å². The first kappa shape index (κ1) is 23.1. The van der Waals surface area contributed by atoms with E-state index in [9.17, 15) is 4.79 Å². The van der Waals surface area contributed by atoms with Crippen LogP contribution in [-0.2, 0) is 9.59 Å². The van der Waals surface area contributed by atoms with Crippen molar-refractivity contribution in [1.82, 2.24) is 4.90 Å². The summed E-state index contributed by atoms with van der Waals surface area (Å²) in [5.41, 5.74) is 6.95. The molecule has 27 heavy (non-hydrogen) atoms. The smallest absolute Gasteiger partial charge is 0.427 e. The van der Waals surface area contributed by atoms with Crippen molar-refractivity contribution in [1.29, 1.82) is 0 Å². The molecule has 0 bridgehead atoms. The number of urea groups is 1. The Morgan fingerprint density at radius 1 is 1.33 bits per heavy atom. The van der Waals surface area contributed by atoms with Crippen molar-refractivity contribution in [2.45, 2.75) is 38.0 Å². The van der Waals surface area contributed by atoms with Crippen LogP contribution in [-0.4, -0.2) is 53.4 Å². The summed E-state index contributed by atoms with van der Waals surface area (Å²) in [7, 11) is -1.24. The maximum Gasteiger partial charge on any atom is 0.451 e. The number of nitrogens with two attached hydrogens (primary N) is 1. The normalized spacial score (nSPS) is 16.7. The van der Waals surface area contributed by atoms with Crippen molar-refractivity contribution < 1.29 is 24.4 Å². The molecule has 0 spiro atoms. The lowest BCUT2D eigenvalue weighted by atomic mass is 9.82. The number of hydrogen-bond acceptors (Lipinski definition) is 6. The molecule has 8 nitrogen and oxygen atoms in total. The lowest BCUT2D eigenvalue weighted by molar-refractivity contribution is -0.191. The minimum Gasteiger partial charge on any atom is -0.427 e. The van der Waals surface area contributed by atoms with Crippen LogP contribution in [0.15, 0.2) is 24.3 Å². The van der Waals surface area contributed by atoms with Crippen molar-refractivity contribution in [3.63, 3.8) is 0 Å². The Morgan fingerprint density at radius 3 is 2.56 bits per heavy atom. The molecule has 2 amide bonds. The first-order valence-electron chi connectivity index (χ1n) is 8.79. The number of nitrogens with one attached hydrogen (secondary N) is 1. The summed E-state index contributed by atoms with van der Waals surface area (Å²) in [5.74, 6) is 0.292. The van der Waals surface area contributed by atoms with Gasteiger partial charge in [-0.3, -0.25) is 0 Å². The maximum absolute atomic E-state index is 12.3. The fourth-order valence-electron chi connectivity index (χ4n) is 3.00. The monoisotopic (exact) mass is 397 g/mol. The number of benzene rings is 1. The number of amides is 2. The van der Waals surface area contributed by atoms with E-state index in [-0.39, 0.29) is 18.2 Å². The second kappa shape index (κ2) is 12.5. The third kappa shape index (κ3) is 9.04. The fourth-order valence-corrected chi connectivity index (χ4v) is 3.13. The Morgan fingerprint density at radius 2 is 1.96 bits per heavy atom. The van der Waals surface area contributed by atoms with Gasteiger partial charge >= 0.3 is 19.3 Å². The van der Waals surface area contributed by atoms with Crippen LogP contribution in [0.4, 0.5) is 10.5 Å². The van der Waals surface area contributed by atoms with E-state index < -0.39 is 7.12 Å². The topological polar surface area (TPSA) is 133 Å². The van der Waals surface area contributed by atoms with E-state index >= 15 is 0 Å². The molecule has 5 N–H and O–H groups in total. The van der Waals surface area contributed by atoms with Crippen molar-refractivity contribution in [2.75, 3.05) is 18.4 Å². The minimum absolute atomic E-state index is 0.0363. The molecule has 1 aromatic carbocycles. The second-order valence-electron chi connectivity index (χ2n) is 6.44. The van der Waals surface area contributed by atoms with Crippen LogP contribution in [0.2, 0.25) is 11.3 Å². The third-order valence-corrected chi connectivity index (χ3v) is 4.71. The highest BCUT2D eigenvalue weighted by Gasteiger charge is 2.30. The van der Waals surface area contributed by atoms with Gasteiger partial charge in [0.1, 0.15) is 0 Å². The van der Waals surface area contributed by atoms with Crippen molar-refractivity contribution >= 4 is 36.6 Å². The van der Waals surface area contributed by atoms with Crippen molar-refractivity contribution in [2.24, 2.45) is 11.7 Å². The number of unbranched alkanes of at least 4 members (excludes halogenated alkanes) is 1. The SMILES string of the molecule is NC(CCCCB(O)O)C1CCN(C(=O)Nc2ccc(Cl)cc2)C1.O=C=O. The molecule has 1 aliphatic rings. The summed E-state index contributed by atoms with van der Waals surface area (Å²) < 4.78 is 0. The molecule has 0 saturated carbocycles. The van der Waals surface area contributed by atoms with Crippen LogP contribution in [0.5, 0.6) is 0 Å². The molecule has 1 aliphatic heterocycles. The molecule has 1 fully saturated rings. The quantitative estimate of drug-likeness (QED) is 0.408. The summed E-state index contributed by atoms with van der Waals surface area (Å²) in [6, 6.07) is 6.95. The summed E-state index contributed by atoms with van der Waals surface area (Å²) >= 11 is 5.83. The number of anilines is 1. The predicted molar refractivity (Wildman–Crippen MR) is 102 cm³/mol. The highest BCUT2D eigenvalue weighted by atomic mass is 35.5. The van der Waals surface area contributed by atoms with Crippen LogP contribution in [0, 0.1) is 5.92 Å². The van der Waals surface area contributed by atoms with Gasteiger partial charge in [0, 0.05) is 29.8 Å². The summed E-state index contributed by atoms with van der Waals surface area (Å²) in [5, 5.41) is 21.2. The Kier molecular flexibility index (Phi) is 10.7. The molecule has 148 valence electrons. The number of carbonyl (C=O) groups excluding carboxylic acids is 3. The van der Waals surface area contributed by atoms with Crippen molar-refractivity contribution in [3.8, 4) is 0 Å². The van der Waals surface area contributed by atoms with Gasteiger partial charge in [0.2, 0.25) is 0 Å². The molecule has 1 heterocycles. The van der Waals surface area contributed by atoms with Gasteiger partial charge in [0.05, 0.1) is 0 Å². The Hall–Kier alpha value is -1.90. The van der Waals surface area contributed by atoms with Gasteiger partial charge in [-0.1, -0.05) is 24.4 Å². The van der Waals surface area contributed by atoms with E-state index in [4.69, 9.17) is 37.0 Å². The number of halogens is 1. The van der Waals surface area contributed by atoms with E-state index in [1.807, 2.05) is 0 Å². The molecule has 0 aromatic heterocycles. The molecular weight excluding hydrogens is 372 g/mol. The van der Waals surface area contributed by atoms with E-state index in [0.29, 0.717) is 30.4 Å². The highest BCUT2D eigenvalue weighted by molar-refractivity contribution is 6.40. The third-order valence-electron chi connectivity index (χ3n) is 4.46. The zero-order valence-electron chi connectivity index (χ0n) is 15.0. The number of carbonyl (C=O) groups is 1. The van der Waals surface area contributed by atoms with Gasteiger partial charge in [-0.15, -0.1) is 0 Å². The molecule has 10 heteroatoms. The van der Waals surface area contributed by atoms with Gasteiger partial charge in [0.15, 0.2) is 0 Å². The van der Waals surface area contributed by atoms with Gasteiger partial charge in [-0.2, -0.15) is 9.59 Å². The Balaban J connectivity index is 0.00000114. The van der Waals surface area contributed by atoms with Gasteiger partial charge < -0.3 is 26.0 Å². The van der Waals surface area contributed by atoms with Crippen LogP contribution < -0.4 is 11.1 Å². The molecule has 1 saturated heterocycles. The summed E-state index contributed by atoms with van der Waals surface area (Å²) in [6.45, 7) is 1.36. The lowest BCUT2D eigenvalue weighted by Gasteiger charge is -2.21. The summed E-state index contributed by atoms with van der Waals surface area (Å²) in [6.07, 6.45) is 3.99. The summed E-state index contributed by atoms with van der Waals surface area (Å²) in [4.78, 5) is 30.3. The largest absolute Gasteiger partial charge is 0.451 e. The van der Waals surface area contributed by atoms with Gasteiger partial charge in [-0.05, 0) is 49.3 Å². The first-order valence-corrected chi connectivity index (χ1v) is 9.17. The predicted octanol–water partition coefficient (Wildman–Crippen LogP) is 1.58. The average molecular weight is 398 g/mol. The standard InChI is InChI=1S/C16H25BClN3O3.CO2/c18-13-4-6-14(7-5-13)20-16(22)21-10-8-12(11-21)15(19)3-1-2-9-17(23)24;2-1-3/h4-7,12,15,23-24H,1-3,8-11,19H2,(H,20,22);. The molecule has 0 aliphatic carbocycles. The number of likely N-dealkylation sites (tertiary alicyclic amines) is 1. The fraction of sp³-hybridized carbons (Fsp3) is 0.529. The van der Waals surface area contributed by atoms with Crippen molar-refractivity contribution in [3.05, 3.63) is 29.3 Å². The van der Waals surface area contributed by atoms with Crippen LogP contribution in [0.1, 0.15) is 25.7 Å². The number of nitrogens with zero attached hydrogens (tertiary/aromatic N) is 1. The van der Waals surface area contributed by atoms with E-state index in [1.54, 1.807) is 29.2 Å². The average Bonchev–Trinajstić information content (AvgIpc) is 3.11. The maximum atomic E-state index is 12.3. The molecule has 2 unspecified atom stereocenters. The Bertz CT molecular complexity index is 611. The molecular formula is C17H25BClN3O5. The zero-order valence-corrected chi connectivity index (χ0v) is 15.8. The number of hydrogen-bond donors (Lipinski definition) is 4. The Labute approximate surface area is 163 Å². The molecule has 2 rings (SSSR count). The molecule has 2 atom stereocenters. The van der Waals surface area contributed by atoms with Gasteiger partial charge in [-0.25, -0.2) is 4.79 Å². The van der Waals surface area contributed by atoms with Gasteiger partial charge in [0.25, 0.3) is 0 Å². The van der Waals surface area contributed by atoms with Crippen LogP contribution >= 0.6 is 11.6 Å².